The van der Waals surface area contributed by atoms with E-state index in [0.29, 0.717) is 12.1 Å². The molecule has 10 heteroatoms. The van der Waals surface area contributed by atoms with Crippen LogP contribution in [0.3, 0.4) is 0 Å². The Morgan fingerprint density at radius 3 is 2.37 bits per heavy atom. The molecule has 1 heterocycles. The van der Waals surface area contributed by atoms with Crippen molar-refractivity contribution >= 4 is 12.0 Å². The Morgan fingerprint density at radius 1 is 1.00 bits per heavy atom. The number of rotatable bonds is 9. The zero-order valence-corrected chi connectivity index (χ0v) is 21.3. The molecule has 2 amide bonds. The van der Waals surface area contributed by atoms with E-state index < -0.39 is 47.0 Å². The lowest BCUT2D eigenvalue weighted by atomic mass is 9.87. The van der Waals surface area contributed by atoms with E-state index in [9.17, 15) is 27.9 Å². The van der Waals surface area contributed by atoms with Crippen molar-refractivity contribution in [2.75, 3.05) is 6.54 Å². The molecule has 0 aliphatic rings. The van der Waals surface area contributed by atoms with Gasteiger partial charge < -0.3 is 20.5 Å². The summed E-state index contributed by atoms with van der Waals surface area (Å²) in [6, 6.07) is 13.1. The van der Waals surface area contributed by atoms with Crippen LogP contribution in [0.15, 0.2) is 60.8 Å². The summed E-state index contributed by atoms with van der Waals surface area (Å²) in [5.74, 6) is -5.20. The summed E-state index contributed by atoms with van der Waals surface area (Å²) in [4.78, 5) is 29.5. The molecule has 202 valence electrons. The molecule has 0 saturated heterocycles. The zero-order chi connectivity index (χ0) is 27.9. The predicted molar refractivity (Wildman–Crippen MR) is 135 cm³/mol. The molecular formula is C28H30F3N3O4. The Bertz CT molecular complexity index is 1270. The number of aromatic nitrogens is 1. The van der Waals surface area contributed by atoms with Gasteiger partial charge in [0.05, 0.1) is 17.4 Å². The Hall–Kier alpha value is -3.92. The Morgan fingerprint density at radius 2 is 1.68 bits per heavy atom. The van der Waals surface area contributed by atoms with Gasteiger partial charge in [0, 0.05) is 30.3 Å². The number of carbonyl (C=O) groups excluding carboxylic acids is 2. The van der Waals surface area contributed by atoms with Gasteiger partial charge in [-0.05, 0) is 56.5 Å². The third-order valence-corrected chi connectivity index (χ3v) is 5.58. The number of amides is 2. The third kappa shape index (κ3) is 8.04. The lowest BCUT2D eigenvalue weighted by Gasteiger charge is -2.26. The SMILES string of the molecule is CC(C)(C)NC(=O)c1cccnc1[C@@H](Cc1cc(F)c(F)cc1F)[C@H](O)CNC(=O)OCc1ccccc1. The van der Waals surface area contributed by atoms with Crippen LogP contribution in [0.4, 0.5) is 18.0 Å². The van der Waals surface area contributed by atoms with Crippen LogP contribution in [0.2, 0.25) is 0 Å². The van der Waals surface area contributed by atoms with Crippen LogP contribution >= 0.6 is 0 Å². The van der Waals surface area contributed by atoms with Gasteiger partial charge >= 0.3 is 6.09 Å². The molecule has 0 spiro atoms. The molecule has 7 nitrogen and oxygen atoms in total. The first-order valence-corrected chi connectivity index (χ1v) is 12.0. The van der Waals surface area contributed by atoms with Crippen molar-refractivity contribution in [1.82, 2.24) is 15.6 Å². The van der Waals surface area contributed by atoms with Gasteiger partial charge in [-0.2, -0.15) is 0 Å². The van der Waals surface area contributed by atoms with Gasteiger partial charge in [-0.15, -0.1) is 0 Å². The van der Waals surface area contributed by atoms with Crippen LogP contribution in [0, 0.1) is 17.5 Å². The van der Waals surface area contributed by atoms with Crippen LogP contribution in [0.25, 0.3) is 0 Å². The van der Waals surface area contributed by atoms with Gasteiger partial charge in [0.15, 0.2) is 11.6 Å². The molecule has 0 unspecified atom stereocenters. The summed E-state index contributed by atoms with van der Waals surface area (Å²) in [5.41, 5.74) is 0.158. The van der Waals surface area contributed by atoms with E-state index >= 15 is 0 Å². The molecule has 0 fully saturated rings. The second-order valence-corrected chi connectivity index (χ2v) is 9.82. The van der Waals surface area contributed by atoms with Crippen molar-refractivity contribution < 1.29 is 32.6 Å². The van der Waals surface area contributed by atoms with Gasteiger partial charge in [0.1, 0.15) is 12.4 Å². The van der Waals surface area contributed by atoms with Gasteiger partial charge in [-0.1, -0.05) is 30.3 Å². The van der Waals surface area contributed by atoms with E-state index in [1.54, 1.807) is 45.0 Å². The Balaban J connectivity index is 1.85. The topological polar surface area (TPSA) is 101 Å². The molecule has 38 heavy (non-hydrogen) atoms. The van der Waals surface area contributed by atoms with Crippen molar-refractivity contribution in [3.05, 3.63) is 101 Å². The number of carbonyl (C=O) groups is 2. The van der Waals surface area contributed by atoms with Crippen molar-refractivity contribution in [2.24, 2.45) is 0 Å². The van der Waals surface area contributed by atoms with E-state index in [1.165, 1.54) is 18.3 Å². The molecule has 1 aromatic heterocycles. The van der Waals surface area contributed by atoms with Crippen LogP contribution in [-0.2, 0) is 17.8 Å². The van der Waals surface area contributed by atoms with Crippen LogP contribution in [0.5, 0.6) is 0 Å². The number of pyridine rings is 1. The average molecular weight is 530 g/mol. The molecule has 2 aromatic carbocycles. The van der Waals surface area contributed by atoms with E-state index in [1.807, 2.05) is 6.07 Å². The van der Waals surface area contributed by atoms with E-state index in [4.69, 9.17) is 4.74 Å². The number of aliphatic hydroxyl groups excluding tert-OH is 1. The first kappa shape index (κ1) is 28.6. The summed E-state index contributed by atoms with van der Waals surface area (Å²) < 4.78 is 47.2. The fraction of sp³-hybridized carbons (Fsp3) is 0.321. The van der Waals surface area contributed by atoms with Gasteiger partial charge in [-0.25, -0.2) is 18.0 Å². The average Bonchev–Trinajstić information content (AvgIpc) is 2.87. The summed E-state index contributed by atoms with van der Waals surface area (Å²) in [5, 5.41) is 16.3. The highest BCUT2D eigenvalue weighted by molar-refractivity contribution is 5.95. The smallest absolute Gasteiger partial charge is 0.407 e. The standard InChI is InChI=1S/C28H30F3N3O4/c1-28(2,3)34-26(36)19-10-7-11-32-25(19)20(12-18-13-22(30)23(31)14-21(18)29)24(35)15-33-27(37)38-16-17-8-5-4-6-9-17/h4-11,13-14,20,24,35H,12,15-16H2,1-3H3,(H,33,37)(H,34,36)/t20-,24+/m0/s1. The number of nitrogens with one attached hydrogen (secondary N) is 2. The molecule has 0 aliphatic carbocycles. The molecule has 3 rings (SSSR count). The number of alkyl carbamates (subject to hydrolysis) is 1. The van der Waals surface area contributed by atoms with Crippen molar-refractivity contribution in [3.8, 4) is 0 Å². The second kappa shape index (κ2) is 12.6. The number of hydrogen-bond acceptors (Lipinski definition) is 5. The fourth-order valence-electron chi connectivity index (χ4n) is 3.79. The first-order valence-electron chi connectivity index (χ1n) is 12.0. The Labute approximate surface area is 219 Å². The monoisotopic (exact) mass is 529 g/mol. The molecule has 3 N–H and O–H groups in total. The zero-order valence-electron chi connectivity index (χ0n) is 21.3. The minimum Gasteiger partial charge on any atom is -0.445 e. The number of aliphatic hydroxyl groups is 1. The van der Waals surface area contributed by atoms with Crippen molar-refractivity contribution in [3.63, 3.8) is 0 Å². The normalized spacial score (nSPS) is 12.9. The van der Waals surface area contributed by atoms with Crippen LogP contribution in [-0.4, -0.2) is 40.3 Å². The largest absolute Gasteiger partial charge is 0.445 e. The van der Waals surface area contributed by atoms with Gasteiger partial charge in [0.25, 0.3) is 5.91 Å². The number of benzene rings is 2. The predicted octanol–water partition coefficient (Wildman–Crippen LogP) is 4.64. The van der Waals surface area contributed by atoms with E-state index in [2.05, 4.69) is 15.6 Å². The number of nitrogens with zero attached hydrogens (tertiary/aromatic N) is 1. The lowest BCUT2D eigenvalue weighted by Crippen LogP contribution is -2.42. The molecule has 3 aromatic rings. The molecule has 2 atom stereocenters. The first-order chi connectivity index (χ1) is 17.9. The van der Waals surface area contributed by atoms with Crippen molar-refractivity contribution in [1.29, 1.82) is 0 Å². The maximum absolute atomic E-state index is 14.5. The summed E-state index contributed by atoms with van der Waals surface area (Å²) in [6.45, 7) is 5.02. The van der Waals surface area contributed by atoms with Crippen LogP contribution in [0.1, 0.15) is 53.9 Å². The minimum absolute atomic E-state index is 0.00360. The maximum Gasteiger partial charge on any atom is 0.407 e. The molecule has 0 radical (unpaired) electrons. The molecule has 0 bridgehead atoms. The third-order valence-electron chi connectivity index (χ3n) is 5.58. The Kier molecular flexibility index (Phi) is 9.46. The highest BCUT2D eigenvalue weighted by Gasteiger charge is 2.30. The highest BCUT2D eigenvalue weighted by Crippen LogP contribution is 2.28. The van der Waals surface area contributed by atoms with E-state index in [0.717, 1.165) is 5.56 Å². The van der Waals surface area contributed by atoms with E-state index in [-0.39, 0.29) is 36.4 Å². The fourth-order valence-corrected chi connectivity index (χ4v) is 3.79. The van der Waals surface area contributed by atoms with Gasteiger partial charge in [-0.3, -0.25) is 9.78 Å². The summed E-state index contributed by atoms with van der Waals surface area (Å²) in [6.07, 6.45) is -1.15. The summed E-state index contributed by atoms with van der Waals surface area (Å²) in [7, 11) is 0. The number of ether oxygens (including phenoxy) is 1. The minimum atomic E-state index is -1.40. The highest BCUT2D eigenvalue weighted by atomic mass is 19.2. The number of halogens is 3. The second-order valence-electron chi connectivity index (χ2n) is 9.82. The molecular weight excluding hydrogens is 499 g/mol. The maximum atomic E-state index is 14.5. The van der Waals surface area contributed by atoms with Crippen LogP contribution < -0.4 is 10.6 Å². The van der Waals surface area contributed by atoms with Gasteiger partial charge in [0.2, 0.25) is 0 Å². The quantitative estimate of drug-likeness (QED) is 0.351. The molecule has 0 saturated carbocycles. The summed E-state index contributed by atoms with van der Waals surface area (Å²) >= 11 is 0. The number of hydrogen-bond donors (Lipinski definition) is 3. The van der Waals surface area contributed by atoms with Crippen molar-refractivity contribution in [2.45, 2.75) is 51.4 Å². The molecule has 0 aliphatic heterocycles. The lowest BCUT2D eigenvalue weighted by molar-refractivity contribution is 0.0911.